The molecule has 4 nitrogen and oxygen atoms in total. The van der Waals surface area contributed by atoms with Crippen LogP contribution in [0.3, 0.4) is 0 Å². The van der Waals surface area contributed by atoms with Crippen LogP contribution in [0.5, 0.6) is 0 Å². The van der Waals surface area contributed by atoms with E-state index in [1.807, 2.05) is 12.1 Å². The van der Waals surface area contributed by atoms with E-state index in [-0.39, 0.29) is 0 Å². The van der Waals surface area contributed by atoms with Crippen molar-refractivity contribution in [2.24, 2.45) is 0 Å². The zero-order chi connectivity index (χ0) is 13.5. The highest BCUT2D eigenvalue weighted by atomic mass is 32.1. The van der Waals surface area contributed by atoms with E-state index in [0.717, 1.165) is 17.7 Å². The Morgan fingerprint density at radius 3 is 2.74 bits per heavy atom. The van der Waals surface area contributed by atoms with Gasteiger partial charge < -0.3 is 9.84 Å². The topological polar surface area (TPSA) is 59.4 Å². The van der Waals surface area contributed by atoms with Gasteiger partial charge in [0.1, 0.15) is 4.88 Å². The summed E-state index contributed by atoms with van der Waals surface area (Å²) in [6.07, 6.45) is 5.49. The first-order valence-electron chi connectivity index (χ1n) is 6.04. The van der Waals surface area contributed by atoms with Crippen LogP contribution in [0.1, 0.15) is 26.5 Å². The fraction of sp³-hybridized carbons (Fsp3) is 0.286. The number of hydrogen-bond donors (Lipinski definition) is 1. The molecule has 0 atom stereocenters. The molecule has 5 heteroatoms. The molecule has 0 aliphatic rings. The van der Waals surface area contributed by atoms with Gasteiger partial charge in [-0.1, -0.05) is 0 Å². The highest BCUT2D eigenvalue weighted by molar-refractivity contribution is 7.13. The monoisotopic (exact) mass is 277 g/mol. The Bertz CT molecular complexity index is 524. The van der Waals surface area contributed by atoms with E-state index in [2.05, 4.69) is 4.98 Å². The van der Waals surface area contributed by atoms with Gasteiger partial charge in [0.05, 0.1) is 6.61 Å². The van der Waals surface area contributed by atoms with E-state index in [4.69, 9.17) is 9.84 Å². The highest BCUT2D eigenvalue weighted by Gasteiger charge is 2.06. The molecule has 0 saturated carbocycles. The number of carboxylic acid groups (broad SMARTS) is 1. The number of carbonyl (C=O) groups is 1. The summed E-state index contributed by atoms with van der Waals surface area (Å²) in [4.78, 5) is 16.0. The Labute approximate surface area is 115 Å². The number of carboxylic acids is 1. The summed E-state index contributed by atoms with van der Waals surface area (Å²) in [5.74, 6) is -0.881. The zero-order valence-electron chi connectivity index (χ0n) is 10.4. The molecular weight excluding hydrogens is 262 g/mol. The lowest BCUT2D eigenvalue weighted by molar-refractivity contribution is 0.0702. The largest absolute Gasteiger partial charge is 0.477 e. The van der Waals surface area contributed by atoms with E-state index < -0.39 is 5.97 Å². The van der Waals surface area contributed by atoms with Gasteiger partial charge in [-0.3, -0.25) is 4.98 Å². The van der Waals surface area contributed by atoms with E-state index in [0.29, 0.717) is 18.1 Å². The molecular formula is C14H15NO3S. The minimum atomic E-state index is -0.881. The molecule has 0 radical (unpaired) electrons. The van der Waals surface area contributed by atoms with Crippen molar-refractivity contribution in [2.45, 2.75) is 19.4 Å². The average Bonchev–Trinajstić information content (AvgIpc) is 2.89. The lowest BCUT2D eigenvalue weighted by atomic mass is 10.1. The number of ether oxygens (including phenoxy) is 1. The molecule has 2 aromatic rings. The summed E-state index contributed by atoms with van der Waals surface area (Å²) in [6, 6.07) is 7.41. The lowest BCUT2D eigenvalue weighted by Crippen LogP contribution is -1.96. The van der Waals surface area contributed by atoms with Crippen LogP contribution in [0.2, 0.25) is 0 Å². The van der Waals surface area contributed by atoms with Crippen LogP contribution in [0, 0.1) is 0 Å². The van der Waals surface area contributed by atoms with Gasteiger partial charge in [-0.05, 0) is 42.7 Å². The third-order valence-electron chi connectivity index (χ3n) is 2.62. The van der Waals surface area contributed by atoms with Crippen molar-refractivity contribution < 1.29 is 14.6 Å². The maximum atomic E-state index is 10.7. The number of pyridine rings is 1. The molecule has 100 valence electrons. The van der Waals surface area contributed by atoms with E-state index in [9.17, 15) is 4.79 Å². The van der Waals surface area contributed by atoms with Crippen molar-refractivity contribution in [2.75, 3.05) is 6.61 Å². The lowest BCUT2D eigenvalue weighted by Gasteiger charge is -2.02. The molecule has 0 aliphatic carbocycles. The van der Waals surface area contributed by atoms with Crippen molar-refractivity contribution >= 4 is 17.3 Å². The standard InChI is InChI=1S/C14H15NO3S/c16-14(17)13-4-3-12(19-13)10-18-9-1-2-11-5-7-15-8-6-11/h3-8H,1-2,9-10H2,(H,16,17). The molecule has 2 rings (SSSR count). The number of aryl methyl sites for hydroxylation is 1. The number of nitrogens with zero attached hydrogens (tertiary/aromatic N) is 1. The van der Waals surface area contributed by atoms with Crippen LogP contribution >= 0.6 is 11.3 Å². The second-order valence-corrected chi connectivity index (χ2v) is 5.25. The van der Waals surface area contributed by atoms with Crippen LogP contribution in [0.15, 0.2) is 36.7 Å². The predicted molar refractivity (Wildman–Crippen MR) is 73.5 cm³/mol. The van der Waals surface area contributed by atoms with Crippen molar-refractivity contribution in [1.82, 2.24) is 4.98 Å². The third kappa shape index (κ3) is 4.46. The Balaban J connectivity index is 1.65. The Kier molecular flexibility index (Phi) is 5.06. The predicted octanol–water partition coefficient (Wildman–Crippen LogP) is 2.99. The molecule has 0 saturated heterocycles. The second kappa shape index (κ2) is 7.01. The molecule has 0 aliphatic heterocycles. The number of aromatic nitrogens is 1. The van der Waals surface area contributed by atoms with Gasteiger partial charge in [-0.15, -0.1) is 11.3 Å². The second-order valence-electron chi connectivity index (χ2n) is 4.08. The number of rotatable bonds is 7. The fourth-order valence-corrected chi connectivity index (χ4v) is 2.46. The van der Waals surface area contributed by atoms with Gasteiger partial charge in [-0.2, -0.15) is 0 Å². The average molecular weight is 277 g/mol. The molecule has 0 fully saturated rings. The molecule has 2 aromatic heterocycles. The maximum absolute atomic E-state index is 10.7. The summed E-state index contributed by atoms with van der Waals surface area (Å²) in [7, 11) is 0. The van der Waals surface area contributed by atoms with Crippen molar-refractivity contribution in [3.63, 3.8) is 0 Å². The number of hydrogen-bond acceptors (Lipinski definition) is 4. The molecule has 0 bridgehead atoms. The van der Waals surface area contributed by atoms with Crippen LogP contribution < -0.4 is 0 Å². The molecule has 1 N–H and O–H groups in total. The quantitative estimate of drug-likeness (QED) is 0.790. The first-order chi connectivity index (χ1) is 9.25. The fourth-order valence-electron chi connectivity index (χ4n) is 1.67. The van der Waals surface area contributed by atoms with Gasteiger partial charge in [0.15, 0.2) is 0 Å². The first kappa shape index (κ1) is 13.7. The van der Waals surface area contributed by atoms with Gasteiger partial charge in [-0.25, -0.2) is 4.79 Å². The first-order valence-corrected chi connectivity index (χ1v) is 6.86. The van der Waals surface area contributed by atoms with Gasteiger partial charge in [0.25, 0.3) is 0 Å². The molecule has 19 heavy (non-hydrogen) atoms. The zero-order valence-corrected chi connectivity index (χ0v) is 11.2. The summed E-state index contributed by atoms with van der Waals surface area (Å²) in [5, 5.41) is 8.80. The summed E-state index contributed by atoms with van der Waals surface area (Å²) in [5.41, 5.74) is 1.25. The van der Waals surface area contributed by atoms with Crippen LogP contribution in [0.25, 0.3) is 0 Å². The molecule has 0 spiro atoms. The van der Waals surface area contributed by atoms with Crippen molar-refractivity contribution in [1.29, 1.82) is 0 Å². The van der Waals surface area contributed by atoms with Gasteiger partial charge >= 0.3 is 5.97 Å². The summed E-state index contributed by atoms with van der Waals surface area (Å²) >= 11 is 1.26. The Hall–Kier alpha value is -1.72. The molecule has 0 amide bonds. The minimum absolute atomic E-state index is 0.357. The van der Waals surface area contributed by atoms with Crippen LogP contribution in [-0.4, -0.2) is 22.7 Å². The highest BCUT2D eigenvalue weighted by Crippen LogP contribution is 2.17. The normalized spacial score (nSPS) is 10.5. The molecule has 0 aromatic carbocycles. The van der Waals surface area contributed by atoms with Crippen molar-refractivity contribution in [3.05, 3.63) is 52.0 Å². The Morgan fingerprint density at radius 2 is 2.05 bits per heavy atom. The molecule has 2 heterocycles. The van der Waals surface area contributed by atoms with E-state index in [1.165, 1.54) is 16.9 Å². The third-order valence-corrected chi connectivity index (χ3v) is 3.67. The van der Waals surface area contributed by atoms with Gasteiger partial charge in [0, 0.05) is 23.9 Å². The SMILES string of the molecule is O=C(O)c1ccc(COCCCc2ccncc2)s1. The minimum Gasteiger partial charge on any atom is -0.477 e. The van der Waals surface area contributed by atoms with Crippen LogP contribution in [0.4, 0.5) is 0 Å². The van der Waals surface area contributed by atoms with Crippen molar-refractivity contribution in [3.8, 4) is 0 Å². The van der Waals surface area contributed by atoms with Gasteiger partial charge in [0.2, 0.25) is 0 Å². The summed E-state index contributed by atoms with van der Waals surface area (Å²) < 4.78 is 5.54. The summed E-state index contributed by atoms with van der Waals surface area (Å²) in [6.45, 7) is 1.15. The van der Waals surface area contributed by atoms with E-state index >= 15 is 0 Å². The molecule has 0 unspecified atom stereocenters. The number of aromatic carboxylic acids is 1. The van der Waals surface area contributed by atoms with Crippen LogP contribution in [-0.2, 0) is 17.8 Å². The van der Waals surface area contributed by atoms with E-state index in [1.54, 1.807) is 24.5 Å². The Morgan fingerprint density at radius 1 is 1.26 bits per heavy atom. The maximum Gasteiger partial charge on any atom is 0.345 e. The smallest absolute Gasteiger partial charge is 0.345 e. The number of thiophene rings is 1.